The van der Waals surface area contributed by atoms with Crippen molar-refractivity contribution in [3.63, 3.8) is 0 Å². The van der Waals surface area contributed by atoms with E-state index in [1.807, 2.05) is 0 Å². The molecule has 0 amide bonds. The minimum Gasteiger partial charge on any atom is -0.358 e. The Bertz CT molecular complexity index is 117. The van der Waals surface area contributed by atoms with E-state index in [-0.39, 0.29) is 0 Å². The van der Waals surface area contributed by atoms with Gasteiger partial charge in [-0.05, 0) is 0 Å². The Morgan fingerprint density at radius 3 is 2.50 bits per heavy atom. The van der Waals surface area contributed by atoms with E-state index in [1.165, 1.54) is 10.4 Å². The summed E-state index contributed by atoms with van der Waals surface area (Å²) in [6.07, 6.45) is 1.49. The van der Waals surface area contributed by atoms with Gasteiger partial charge in [-0.15, -0.1) is 0 Å². The second kappa shape index (κ2) is 3.58. The highest BCUT2D eigenvalue weighted by atomic mass is 31.0. The molecule has 2 N–H and O–H groups in total. The molecule has 0 aliphatic rings. The van der Waals surface area contributed by atoms with E-state index in [0.717, 1.165) is 0 Å². The summed E-state index contributed by atoms with van der Waals surface area (Å²) in [5.74, 6) is 5.28. The average Bonchev–Trinajstić information content (AvgIpc) is 1.69. The van der Waals surface area contributed by atoms with Gasteiger partial charge in [0.25, 0.3) is 0 Å². The van der Waals surface area contributed by atoms with Crippen molar-refractivity contribution in [2.75, 3.05) is 7.05 Å². The SMILES string of the molecule is C=C/C(ON)=[N+](/C)[PH-]. The lowest BCUT2D eigenvalue weighted by atomic mass is 10.6. The lowest BCUT2D eigenvalue weighted by Crippen LogP contribution is -2.14. The third kappa shape index (κ3) is 2.05. The molecule has 0 atom stereocenters. The van der Waals surface area contributed by atoms with Gasteiger partial charge in [-0.3, -0.25) is 0 Å². The number of hydrogen-bond acceptors (Lipinski definition) is 2. The molecule has 0 aromatic heterocycles. The van der Waals surface area contributed by atoms with Crippen LogP contribution in [-0.2, 0) is 4.84 Å². The molecule has 0 aromatic rings. The van der Waals surface area contributed by atoms with Crippen LogP contribution in [0, 0.1) is 0 Å². The first-order chi connectivity index (χ1) is 3.72. The normalized spacial score (nSPS) is 12.4. The van der Waals surface area contributed by atoms with E-state index < -0.39 is 0 Å². The third-order valence-electron chi connectivity index (χ3n) is 0.626. The first-order valence-corrected chi connectivity index (χ1v) is 2.48. The van der Waals surface area contributed by atoms with Gasteiger partial charge in [0, 0.05) is 6.08 Å². The van der Waals surface area contributed by atoms with Gasteiger partial charge in [0.1, 0.15) is 7.05 Å². The molecule has 0 aliphatic heterocycles. The molecule has 0 radical (unpaired) electrons. The van der Waals surface area contributed by atoms with Crippen molar-refractivity contribution in [3.8, 4) is 0 Å². The molecule has 0 spiro atoms. The molecule has 0 saturated carbocycles. The summed E-state index contributed by atoms with van der Waals surface area (Å²) in [4.78, 5) is 4.34. The van der Waals surface area contributed by atoms with Gasteiger partial charge in [-0.2, -0.15) is 5.90 Å². The molecule has 0 aliphatic carbocycles. The van der Waals surface area contributed by atoms with Crippen LogP contribution in [0.1, 0.15) is 0 Å². The molecule has 0 saturated heterocycles. The summed E-state index contributed by atoms with van der Waals surface area (Å²) in [5.41, 5.74) is 0. The third-order valence-corrected chi connectivity index (χ3v) is 0.846. The lowest BCUT2D eigenvalue weighted by molar-refractivity contribution is -0.325. The highest BCUT2D eigenvalue weighted by molar-refractivity contribution is 7.08. The van der Waals surface area contributed by atoms with Crippen LogP contribution in [-0.4, -0.2) is 17.3 Å². The van der Waals surface area contributed by atoms with Crippen LogP contribution in [0.15, 0.2) is 12.7 Å². The molecule has 0 rings (SSSR count). The Kier molecular flexibility index (Phi) is 3.40. The predicted molar refractivity (Wildman–Crippen MR) is 35.0 cm³/mol. The van der Waals surface area contributed by atoms with Gasteiger partial charge in [0.15, 0.2) is 0 Å². The van der Waals surface area contributed by atoms with Gasteiger partial charge in [0.05, 0.1) is 0 Å². The van der Waals surface area contributed by atoms with Crippen LogP contribution < -0.4 is 5.90 Å². The fourth-order valence-electron chi connectivity index (χ4n) is 0.264. The van der Waals surface area contributed by atoms with Gasteiger partial charge < -0.3 is 9.18 Å². The van der Waals surface area contributed by atoms with Gasteiger partial charge >= 0.3 is 5.90 Å². The summed E-state index contributed by atoms with van der Waals surface area (Å²) in [7, 11) is 4.86. The fourth-order valence-corrected chi connectivity index (χ4v) is 0.408. The molecule has 0 fully saturated rings. The predicted octanol–water partition coefficient (Wildman–Crippen LogP) is 0.161. The maximum Gasteiger partial charge on any atom is 0.348 e. The largest absolute Gasteiger partial charge is 0.358 e. The quantitative estimate of drug-likeness (QED) is 0.239. The zero-order valence-corrected chi connectivity index (χ0v) is 5.72. The minimum absolute atomic E-state index is 0.474. The molecule has 3 nitrogen and oxygen atoms in total. The Balaban J connectivity index is 4.07. The van der Waals surface area contributed by atoms with Crippen LogP contribution in [0.25, 0.3) is 0 Å². The van der Waals surface area contributed by atoms with Crippen molar-refractivity contribution in [2.45, 2.75) is 0 Å². The van der Waals surface area contributed by atoms with Crippen molar-refractivity contribution in [1.82, 2.24) is 0 Å². The van der Waals surface area contributed by atoms with E-state index >= 15 is 0 Å². The average molecular weight is 132 g/mol. The van der Waals surface area contributed by atoms with E-state index in [1.54, 1.807) is 7.05 Å². The smallest absolute Gasteiger partial charge is 0.348 e. The van der Waals surface area contributed by atoms with Gasteiger partial charge in [0.2, 0.25) is 0 Å². The zero-order chi connectivity index (χ0) is 6.57. The summed E-state index contributed by atoms with van der Waals surface area (Å²) < 4.78 is 1.53. The zero-order valence-electron chi connectivity index (χ0n) is 4.72. The van der Waals surface area contributed by atoms with Crippen molar-refractivity contribution in [1.29, 1.82) is 0 Å². The second-order valence-electron chi connectivity index (χ2n) is 1.22. The lowest BCUT2D eigenvalue weighted by Gasteiger charge is -1.99. The highest BCUT2D eigenvalue weighted by Gasteiger charge is 1.92. The summed E-state index contributed by atoms with van der Waals surface area (Å²) in [6, 6.07) is 0. The Hall–Kier alpha value is -0.400. The standard InChI is InChI=1S/C4H9N2OP/c1-3-4(7-5)6(2)8/h3,8H,1,5H2,2H3. The molecule has 4 heteroatoms. The molecule has 0 unspecified atom stereocenters. The number of nitrogens with zero attached hydrogens (tertiary/aromatic N) is 1. The number of hydrogen-bond donors (Lipinski definition) is 1. The first kappa shape index (κ1) is 7.60. The molecule has 0 aromatic carbocycles. The molecular formula is C4H9N2OP. The van der Waals surface area contributed by atoms with Crippen molar-refractivity contribution in [2.24, 2.45) is 5.90 Å². The second-order valence-corrected chi connectivity index (χ2v) is 1.89. The topological polar surface area (TPSA) is 38.3 Å². The van der Waals surface area contributed by atoms with Gasteiger partial charge in [-0.25, -0.2) is 9.39 Å². The monoisotopic (exact) mass is 132 g/mol. The maximum atomic E-state index is 4.80. The Morgan fingerprint density at radius 1 is 2.00 bits per heavy atom. The van der Waals surface area contributed by atoms with Crippen LogP contribution in [0.4, 0.5) is 0 Å². The number of rotatable bonds is 1. The summed E-state index contributed by atoms with van der Waals surface area (Å²) >= 11 is 0. The minimum atomic E-state index is 0.474. The Labute approximate surface area is 51.0 Å². The van der Waals surface area contributed by atoms with Crippen LogP contribution >= 0.6 is 9.39 Å². The molecule has 46 valence electrons. The summed E-state index contributed by atoms with van der Waals surface area (Å²) in [5, 5.41) is 0. The molecule has 0 bridgehead atoms. The van der Waals surface area contributed by atoms with E-state index in [9.17, 15) is 0 Å². The van der Waals surface area contributed by atoms with Crippen molar-refractivity contribution < 1.29 is 9.18 Å². The maximum absolute atomic E-state index is 4.80. The van der Waals surface area contributed by atoms with Crippen molar-refractivity contribution >= 4 is 15.3 Å². The van der Waals surface area contributed by atoms with Gasteiger partial charge in [-0.1, -0.05) is 6.58 Å². The first-order valence-electron chi connectivity index (χ1n) is 2.03. The molecular weight excluding hydrogens is 123 g/mol. The van der Waals surface area contributed by atoms with Crippen LogP contribution in [0.2, 0.25) is 0 Å². The Morgan fingerprint density at radius 2 is 2.50 bits per heavy atom. The van der Waals surface area contributed by atoms with Crippen molar-refractivity contribution in [3.05, 3.63) is 12.7 Å². The van der Waals surface area contributed by atoms with E-state index in [4.69, 9.17) is 5.90 Å². The molecule has 8 heavy (non-hydrogen) atoms. The number of nitrogens with two attached hydrogens (primary N) is 1. The molecule has 0 heterocycles. The van der Waals surface area contributed by atoms with Crippen LogP contribution in [0.5, 0.6) is 0 Å². The van der Waals surface area contributed by atoms with E-state index in [0.29, 0.717) is 5.90 Å². The highest BCUT2D eigenvalue weighted by Crippen LogP contribution is 1.84. The van der Waals surface area contributed by atoms with E-state index in [2.05, 4.69) is 20.8 Å². The summed E-state index contributed by atoms with van der Waals surface area (Å²) in [6.45, 7) is 3.44. The fraction of sp³-hybridized carbons (Fsp3) is 0.250. The van der Waals surface area contributed by atoms with Crippen LogP contribution in [0.3, 0.4) is 0 Å².